The molecule has 0 unspecified atom stereocenters. The van der Waals surface area contributed by atoms with Crippen molar-refractivity contribution in [2.75, 3.05) is 26.2 Å². The maximum absolute atomic E-state index is 12.7. The first-order valence-corrected chi connectivity index (χ1v) is 9.14. The summed E-state index contributed by atoms with van der Waals surface area (Å²) in [6.07, 6.45) is 7.01. The van der Waals surface area contributed by atoms with Crippen molar-refractivity contribution in [3.8, 4) is 0 Å². The molecule has 0 bridgehead atoms. The van der Waals surface area contributed by atoms with Crippen LogP contribution in [0.15, 0.2) is 29.0 Å². The normalized spacial score (nSPS) is 19.4. The SMILES string of the molecule is O=C(c1ccc2ocnc2c1)N1CCN(C(=O)C2CCCCC2)CC1. The number of amides is 2. The Labute approximate surface area is 146 Å². The van der Waals surface area contributed by atoms with Crippen LogP contribution in [0.25, 0.3) is 11.1 Å². The molecule has 0 spiro atoms. The van der Waals surface area contributed by atoms with E-state index in [1.165, 1.54) is 25.7 Å². The molecular weight excluding hydrogens is 318 g/mol. The molecule has 0 N–H and O–H groups in total. The molecule has 1 aliphatic heterocycles. The fraction of sp³-hybridized carbons (Fsp3) is 0.526. The van der Waals surface area contributed by atoms with Gasteiger partial charge in [0.2, 0.25) is 5.91 Å². The average Bonchev–Trinajstić information content (AvgIpc) is 3.15. The zero-order valence-corrected chi connectivity index (χ0v) is 14.3. The monoisotopic (exact) mass is 341 g/mol. The molecule has 0 radical (unpaired) electrons. The van der Waals surface area contributed by atoms with Gasteiger partial charge in [-0.15, -0.1) is 0 Å². The number of hydrogen-bond acceptors (Lipinski definition) is 4. The van der Waals surface area contributed by atoms with Gasteiger partial charge < -0.3 is 14.2 Å². The van der Waals surface area contributed by atoms with Crippen LogP contribution in [0.5, 0.6) is 0 Å². The molecule has 1 aromatic carbocycles. The number of hydrogen-bond donors (Lipinski definition) is 0. The van der Waals surface area contributed by atoms with E-state index in [2.05, 4.69) is 4.98 Å². The molecule has 6 heteroatoms. The van der Waals surface area contributed by atoms with E-state index in [1.807, 2.05) is 9.80 Å². The van der Waals surface area contributed by atoms with Crippen molar-refractivity contribution in [1.29, 1.82) is 0 Å². The Hall–Kier alpha value is -2.37. The van der Waals surface area contributed by atoms with E-state index in [-0.39, 0.29) is 17.7 Å². The van der Waals surface area contributed by atoms with Gasteiger partial charge in [0.15, 0.2) is 12.0 Å². The number of fused-ring (bicyclic) bond motifs is 1. The highest BCUT2D eigenvalue weighted by atomic mass is 16.3. The van der Waals surface area contributed by atoms with Gasteiger partial charge in [-0.05, 0) is 31.0 Å². The van der Waals surface area contributed by atoms with Crippen LogP contribution >= 0.6 is 0 Å². The third-order valence-corrected chi connectivity index (χ3v) is 5.41. The highest BCUT2D eigenvalue weighted by Gasteiger charge is 2.30. The van der Waals surface area contributed by atoms with Gasteiger partial charge in [0.05, 0.1) is 0 Å². The fourth-order valence-corrected chi connectivity index (χ4v) is 3.91. The van der Waals surface area contributed by atoms with Crippen molar-refractivity contribution < 1.29 is 14.0 Å². The summed E-state index contributed by atoms with van der Waals surface area (Å²) in [7, 11) is 0. The minimum atomic E-state index is -0.00494. The van der Waals surface area contributed by atoms with E-state index < -0.39 is 0 Å². The molecule has 1 aromatic heterocycles. The van der Waals surface area contributed by atoms with Crippen LogP contribution in [0, 0.1) is 5.92 Å². The lowest BCUT2D eigenvalue weighted by Crippen LogP contribution is -2.52. The van der Waals surface area contributed by atoms with Crippen LogP contribution in [0.3, 0.4) is 0 Å². The summed E-state index contributed by atoms with van der Waals surface area (Å²) in [4.78, 5) is 33.2. The zero-order valence-electron chi connectivity index (χ0n) is 14.3. The van der Waals surface area contributed by atoms with E-state index in [1.54, 1.807) is 18.2 Å². The second-order valence-electron chi connectivity index (χ2n) is 6.99. The van der Waals surface area contributed by atoms with Crippen LogP contribution in [0.2, 0.25) is 0 Å². The third-order valence-electron chi connectivity index (χ3n) is 5.41. The first-order valence-electron chi connectivity index (χ1n) is 9.14. The number of nitrogens with zero attached hydrogens (tertiary/aromatic N) is 3. The van der Waals surface area contributed by atoms with Crippen molar-refractivity contribution >= 4 is 22.9 Å². The lowest BCUT2D eigenvalue weighted by molar-refractivity contribution is -0.138. The summed E-state index contributed by atoms with van der Waals surface area (Å²) < 4.78 is 5.22. The van der Waals surface area contributed by atoms with Gasteiger partial charge in [0.25, 0.3) is 5.91 Å². The lowest BCUT2D eigenvalue weighted by Gasteiger charge is -2.37. The quantitative estimate of drug-likeness (QED) is 0.842. The Morgan fingerprint density at radius 1 is 1.00 bits per heavy atom. The predicted molar refractivity (Wildman–Crippen MR) is 93.1 cm³/mol. The van der Waals surface area contributed by atoms with Gasteiger partial charge in [-0.25, -0.2) is 4.98 Å². The molecule has 132 valence electrons. The Balaban J connectivity index is 1.37. The van der Waals surface area contributed by atoms with Gasteiger partial charge in [-0.3, -0.25) is 9.59 Å². The predicted octanol–water partition coefficient (Wildman–Crippen LogP) is 2.69. The molecule has 6 nitrogen and oxygen atoms in total. The largest absolute Gasteiger partial charge is 0.443 e. The summed E-state index contributed by atoms with van der Waals surface area (Å²) in [5.41, 5.74) is 1.99. The summed E-state index contributed by atoms with van der Waals surface area (Å²) in [5.74, 6) is 0.482. The van der Waals surface area contributed by atoms with E-state index in [4.69, 9.17) is 4.42 Å². The smallest absolute Gasteiger partial charge is 0.254 e. The van der Waals surface area contributed by atoms with Gasteiger partial charge in [-0.1, -0.05) is 19.3 Å². The molecule has 0 atom stereocenters. The van der Waals surface area contributed by atoms with Crippen LogP contribution in [-0.2, 0) is 4.79 Å². The van der Waals surface area contributed by atoms with Crippen molar-refractivity contribution in [2.24, 2.45) is 5.92 Å². The molecule has 1 saturated heterocycles. The highest BCUT2D eigenvalue weighted by Crippen LogP contribution is 2.26. The van der Waals surface area contributed by atoms with Gasteiger partial charge >= 0.3 is 0 Å². The Kier molecular flexibility index (Phi) is 4.42. The number of oxazole rings is 1. The average molecular weight is 341 g/mol. The van der Waals surface area contributed by atoms with Crippen LogP contribution < -0.4 is 0 Å². The molecule has 1 aliphatic carbocycles. The molecule has 2 heterocycles. The number of rotatable bonds is 2. The zero-order chi connectivity index (χ0) is 17.2. The molecule has 1 saturated carbocycles. The van der Waals surface area contributed by atoms with Crippen molar-refractivity contribution in [3.63, 3.8) is 0 Å². The highest BCUT2D eigenvalue weighted by molar-refractivity contribution is 5.97. The molecule has 2 amide bonds. The molecule has 4 rings (SSSR count). The minimum Gasteiger partial charge on any atom is -0.443 e. The first kappa shape index (κ1) is 16.1. The van der Waals surface area contributed by atoms with E-state index in [9.17, 15) is 9.59 Å². The number of benzene rings is 1. The Morgan fingerprint density at radius 3 is 2.48 bits per heavy atom. The van der Waals surface area contributed by atoms with E-state index >= 15 is 0 Å². The molecule has 2 aliphatic rings. The second kappa shape index (κ2) is 6.86. The van der Waals surface area contributed by atoms with Crippen LogP contribution in [0.4, 0.5) is 0 Å². The van der Waals surface area contributed by atoms with Crippen molar-refractivity contribution in [3.05, 3.63) is 30.2 Å². The van der Waals surface area contributed by atoms with E-state index in [0.717, 1.165) is 12.8 Å². The minimum absolute atomic E-state index is 0.00494. The number of piperazine rings is 1. The lowest BCUT2D eigenvalue weighted by atomic mass is 9.88. The number of carbonyl (C=O) groups excluding carboxylic acids is 2. The number of carbonyl (C=O) groups is 2. The molecule has 25 heavy (non-hydrogen) atoms. The maximum Gasteiger partial charge on any atom is 0.254 e. The van der Waals surface area contributed by atoms with Crippen LogP contribution in [0.1, 0.15) is 42.5 Å². The van der Waals surface area contributed by atoms with Crippen molar-refractivity contribution in [2.45, 2.75) is 32.1 Å². The summed E-state index contributed by atoms with van der Waals surface area (Å²) >= 11 is 0. The summed E-state index contributed by atoms with van der Waals surface area (Å²) in [5, 5.41) is 0. The van der Waals surface area contributed by atoms with Crippen LogP contribution in [-0.4, -0.2) is 52.8 Å². The van der Waals surface area contributed by atoms with Crippen molar-refractivity contribution in [1.82, 2.24) is 14.8 Å². The van der Waals surface area contributed by atoms with Gasteiger partial charge in [0, 0.05) is 37.7 Å². The maximum atomic E-state index is 12.7. The topological polar surface area (TPSA) is 66.7 Å². The number of aromatic nitrogens is 1. The Bertz CT molecular complexity index is 771. The molecule has 2 aromatic rings. The molecular formula is C19H23N3O3. The van der Waals surface area contributed by atoms with Gasteiger partial charge in [0.1, 0.15) is 5.52 Å². The third kappa shape index (κ3) is 3.25. The summed E-state index contributed by atoms with van der Waals surface area (Å²) in [6.45, 7) is 2.45. The first-order chi connectivity index (χ1) is 12.2. The Morgan fingerprint density at radius 2 is 1.72 bits per heavy atom. The standard InChI is InChI=1S/C19H23N3O3/c23-18(14-4-2-1-3-5-14)21-8-10-22(11-9-21)19(24)15-6-7-17-16(12-15)20-13-25-17/h6-7,12-14H,1-5,8-11H2. The second-order valence-corrected chi connectivity index (χ2v) is 6.99. The fourth-order valence-electron chi connectivity index (χ4n) is 3.91. The molecule has 2 fully saturated rings. The summed E-state index contributed by atoms with van der Waals surface area (Å²) in [6, 6.07) is 5.31. The van der Waals surface area contributed by atoms with Gasteiger partial charge in [-0.2, -0.15) is 0 Å². The van der Waals surface area contributed by atoms with E-state index in [0.29, 0.717) is 42.8 Å².